The van der Waals surface area contributed by atoms with Crippen molar-refractivity contribution < 1.29 is 24.5 Å². The summed E-state index contributed by atoms with van der Waals surface area (Å²) < 4.78 is 4.53. The van der Waals surface area contributed by atoms with E-state index in [0.717, 1.165) is 0 Å². The lowest BCUT2D eigenvalue weighted by Crippen LogP contribution is -2.16. The van der Waals surface area contributed by atoms with Crippen LogP contribution in [0.5, 0.6) is 0 Å². The summed E-state index contributed by atoms with van der Waals surface area (Å²) in [6.45, 7) is 8.24. The molecule has 0 spiro atoms. The van der Waals surface area contributed by atoms with Crippen LogP contribution in [0.25, 0.3) is 0 Å². The molecule has 0 rings (SSSR count). The average Bonchev–Trinajstić information content (AvgIpc) is 2.28. The molecular weight excluding hydrogens is 248 g/mol. The molecule has 0 saturated heterocycles. The van der Waals surface area contributed by atoms with Gasteiger partial charge < -0.3 is 14.9 Å². The number of hydrogen-bond acceptors (Lipinski definition) is 5. The van der Waals surface area contributed by atoms with Gasteiger partial charge in [-0.05, 0) is 38.7 Å². The maximum atomic E-state index is 11.5. The van der Waals surface area contributed by atoms with Crippen LogP contribution in [0.1, 0.15) is 33.6 Å². The van der Waals surface area contributed by atoms with Crippen LogP contribution in [-0.2, 0) is 14.3 Å². The molecule has 0 radical (unpaired) electrons. The van der Waals surface area contributed by atoms with E-state index in [1.54, 1.807) is 0 Å². The van der Waals surface area contributed by atoms with Crippen LogP contribution in [0.3, 0.4) is 0 Å². The summed E-state index contributed by atoms with van der Waals surface area (Å²) in [5.74, 6) is -1.43. The molecule has 2 unspecified atom stereocenters. The normalized spacial score (nSPS) is 14.7. The summed E-state index contributed by atoms with van der Waals surface area (Å²) in [6.07, 6.45) is 1.55. The average molecular weight is 270 g/mol. The summed E-state index contributed by atoms with van der Waals surface area (Å²) in [5.41, 5.74) is 0.302. The van der Waals surface area contributed by atoms with Crippen LogP contribution in [0.2, 0.25) is 0 Å². The van der Waals surface area contributed by atoms with Gasteiger partial charge in [0.05, 0.1) is 6.10 Å². The zero-order valence-electron chi connectivity index (χ0n) is 11.7. The molecule has 108 valence electrons. The molecule has 5 heteroatoms. The fourth-order valence-corrected chi connectivity index (χ4v) is 1.43. The van der Waals surface area contributed by atoms with Gasteiger partial charge in [-0.2, -0.15) is 0 Å². The molecule has 19 heavy (non-hydrogen) atoms. The standard InChI is InChI=1S/C14H22O5/c1-9(2)13(17)19-14(18)11(4)8-12(16)7-10(3)5-6-15/h8,10,12,15-16H,1,5-7H2,2-4H3. The van der Waals surface area contributed by atoms with Crippen molar-refractivity contribution in [1.82, 2.24) is 0 Å². The zero-order valence-corrected chi connectivity index (χ0v) is 11.7. The Balaban J connectivity index is 4.41. The molecule has 0 aromatic heterocycles. The summed E-state index contributed by atoms with van der Waals surface area (Å²) in [6, 6.07) is 0. The van der Waals surface area contributed by atoms with Crippen LogP contribution in [0, 0.1) is 5.92 Å². The van der Waals surface area contributed by atoms with Crippen LogP contribution in [-0.4, -0.2) is 34.9 Å². The number of aliphatic hydroxyl groups is 2. The first-order valence-electron chi connectivity index (χ1n) is 6.17. The van der Waals surface area contributed by atoms with E-state index in [9.17, 15) is 14.7 Å². The zero-order chi connectivity index (χ0) is 15.0. The highest BCUT2D eigenvalue weighted by molar-refractivity contribution is 6.01. The van der Waals surface area contributed by atoms with E-state index in [1.807, 2.05) is 6.92 Å². The minimum Gasteiger partial charge on any atom is -0.396 e. The molecule has 0 saturated carbocycles. The van der Waals surface area contributed by atoms with Crippen LogP contribution < -0.4 is 0 Å². The third-order valence-corrected chi connectivity index (χ3v) is 2.56. The number of rotatable bonds is 7. The summed E-state index contributed by atoms with van der Waals surface area (Å²) in [4.78, 5) is 22.6. The Kier molecular flexibility index (Phi) is 7.95. The largest absolute Gasteiger partial charge is 0.396 e. The maximum absolute atomic E-state index is 11.5. The molecule has 2 atom stereocenters. The van der Waals surface area contributed by atoms with Crippen molar-refractivity contribution in [3.63, 3.8) is 0 Å². The van der Waals surface area contributed by atoms with E-state index >= 15 is 0 Å². The summed E-state index contributed by atoms with van der Waals surface area (Å²) in [7, 11) is 0. The Morgan fingerprint density at radius 2 is 1.89 bits per heavy atom. The second-order valence-corrected chi connectivity index (χ2v) is 4.73. The molecule has 0 heterocycles. The Labute approximate surface area is 113 Å². The molecule has 0 bridgehead atoms. The first kappa shape index (κ1) is 17.5. The fraction of sp³-hybridized carbons (Fsp3) is 0.571. The predicted molar refractivity (Wildman–Crippen MR) is 71.2 cm³/mol. The topological polar surface area (TPSA) is 83.8 Å². The van der Waals surface area contributed by atoms with E-state index in [2.05, 4.69) is 11.3 Å². The summed E-state index contributed by atoms with van der Waals surface area (Å²) >= 11 is 0. The van der Waals surface area contributed by atoms with Gasteiger partial charge in [0.1, 0.15) is 0 Å². The van der Waals surface area contributed by atoms with Crippen LogP contribution >= 0.6 is 0 Å². The van der Waals surface area contributed by atoms with Gasteiger partial charge in [-0.1, -0.05) is 13.5 Å². The molecule has 2 N–H and O–H groups in total. The molecule has 0 aliphatic rings. The molecular formula is C14H22O5. The van der Waals surface area contributed by atoms with Gasteiger partial charge >= 0.3 is 11.9 Å². The van der Waals surface area contributed by atoms with Gasteiger partial charge in [-0.3, -0.25) is 0 Å². The predicted octanol–water partition coefficient (Wildman–Crippen LogP) is 1.35. The number of carbonyl (C=O) groups is 2. The molecule has 0 aliphatic carbocycles. The Morgan fingerprint density at radius 3 is 2.37 bits per heavy atom. The molecule has 0 aliphatic heterocycles. The molecule has 0 fully saturated rings. The van der Waals surface area contributed by atoms with Gasteiger partial charge in [-0.15, -0.1) is 0 Å². The Hall–Kier alpha value is -1.46. The number of ether oxygens (including phenoxy) is 1. The van der Waals surface area contributed by atoms with E-state index in [4.69, 9.17) is 5.11 Å². The highest BCUT2D eigenvalue weighted by atomic mass is 16.6. The molecule has 0 aromatic carbocycles. The SMILES string of the molecule is C=C(C)C(=O)OC(=O)C(C)=CC(O)CC(C)CCO. The minimum atomic E-state index is -0.811. The first-order valence-corrected chi connectivity index (χ1v) is 6.17. The van der Waals surface area contributed by atoms with Crippen LogP contribution in [0.4, 0.5) is 0 Å². The molecule has 0 aromatic rings. The molecule has 0 amide bonds. The maximum Gasteiger partial charge on any atom is 0.341 e. The second kappa shape index (κ2) is 8.61. The van der Waals surface area contributed by atoms with Crippen molar-refractivity contribution in [2.24, 2.45) is 5.92 Å². The van der Waals surface area contributed by atoms with E-state index in [0.29, 0.717) is 12.8 Å². The smallest absolute Gasteiger partial charge is 0.341 e. The lowest BCUT2D eigenvalue weighted by atomic mass is 9.99. The fourth-order valence-electron chi connectivity index (χ4n) is 1.43. The van der Waals surface area contributed by atoms with Crippen molar-refractivity contribution in [3.05, 3.63) is 23.8 Å². The van der Waals surface area contributed by atoms with Crippen molar-refractivity contribution in [1.29, 1.82) is 0 Å². The van der Waals surface area contributed by atoms with Crippen molar-refractivity contribution in [2.45, 2.75) is 39.7 Å². The van der Waals surface area contributed by atoms with Gasteiger partial charge in [-0.25, -0.2) is 9.59 Å². The number of esters is 2. The van der Waals surface area contributed by atoms with Gasteiger partial charge in [0.25, 0.3) is 0 Å². The number of hydrogen-bond donors (Lipinski definition) is 2. The highest BCUT2D eigenvalue weighted by Gasteiger charge is 2.15. The van der Waals surface area contributed by atoms with Gasteiger partial charge in [0.15, 0.2) is 0 Å². The van der Waals surface area contributed by atoms with Gasteiger partial charge in [0, 0.05) is 17.8 Å². The van der Waals surface area contributed by atoms with Crippen molar-refractivity contribution in [2.75, 3.05) is 6.61 Å². The first-order chi connectivity index (χ1) is 8.77. The van der Waals surface area contributed by atoms with E-state index in [-0.39, 0.29) is 23.7 Å². The van der Waals surface area contributed by atoms with Crippen LogP contribution in [0.15, 0.2) is 23.8 Å². The van der Waals surface area contributed by atoms with Crippen molar-refractivity contribution in [3.8, 4) is 0 Å². The molecule has 5 nitrogen and oxygen atoms in total. The minimum absolute atomic E-state index is 0.0612. The quantitative estimate of drug-likeness (QED) is 0.414. The van der Waals surface area contributed by atoms with E-state index in [1.165, 1.54) is 19.9 Å². The summed E-state index contributed by atoms with van der Waals surface area (Å²) in [5, 5.41) is 18.5. The third kappa shape index (κ3) is 7.54. The Bertz CT molecular complexity index is 370. The van der Waals surface area contributed by atoms with Gasteiger partial charge in [0.2, 0.25) is 0 Å². The highest BCUT2D eigenvalue weighted by Crippen LogP contribution is 2.12. The lowest BCUT2D eigenvalue weighted by Gasteiger charge is -2.13. The Morgan fingerprint density at radius 1 is 1.32 bits per heavy atom. The second-order valence-electron chi connectivity index (χ2n) is 4.73. The number of aliphatic hydroxyl groups excluding tert-OH is 2. The van der Waals surface area contributed by atoms with Crippen molar-refractivity contribution >= 4 is 11.9 Å². The van der Waals surface area contributed by atoms with E-state index < -0.39 is 18.0 Å². The number of carbonyl (C=O) groups excluding carboxylic acids is 2. The third-order valence-electron chi connectivity index (χ3n) is 2.56. The lowest BCUT2D eigenvalue weighted by molar-refractivity contribution is -0.154. The monoisotopic (exact) mass is 270 g/mol.